The molecular weight excluding hydrogens is 246 g/mol. The maximum atomic E-state index is 9.13. The summed E-state index contributed by atoms with van der Waals surface area (Å²) in [5.74, 6) is 0.334. The summed E-state index contributed by atoms with van der Waals surface area (Å²) < 4.78 is 5.22. The van der Waals surface area contributed by atoms with Gasteiger partial charge in [0.2, 0.25) is 0 Å². The van der Waals surface area contributed by atoms with Crippen LogP contribution in [-0.4, -0.2) is 11.7 Å². The summed E-state index contributed by atoms with van der Waals surface area (Å²) in [5.41, 5.74) is 1.34. The van der Waals surface area contributed by atoms with Crippen LogP contribution in [0.2, 0.25) is 10.0 Å². The summed E-state index contributed by atoms with van der Waals surface area (Å²) in [4.78, 5) is 0. The molecular formula is C9H7Cl3O2. The van der Waals surface area contributed by atoms with Gasteiger partial charge in [-0.2, -0.15) is 0 Å². The fraction of sp³-hybridized carbons (Fsp3) is 0.111. The van der Waals surface area contributed by atoms with E-state index >= 15 is 0 Å². The Bertz CT molecular complexity index is 327. The number of rotatable bonds is 3. The smallest absolute Gasteiger partial charge is 0.157 e. The normalized spacial score (nSPS) is 10.8. The van der Waals surface area contributed by atoms with Crippen LogP contribution < -0.4 is 4.74 Å². The molecule has 2 nitrogen and oxygen atoms in total. The second kappa shape index (κ2) is 5.35. The van der Waals surface area contributed by atoms with E-state index in [1.165, 1.54) is 17.7 Å². The van der Waals surface area contributed by atoms with Gasteiger partial charge < -0.3 is 9.84 Å². The lowest BCUT2D eigenvalue weighted by Crippen LogP contribution is -1.94. The maximum absolute atomic E-state index is 9.13. The minimum Gasteiger partial charge on any atom is -0.508 e. The van der Waals surface area contributed by atoms with Crippen molar-refractivity contribution in [1.82, 2.24) is 0 Å². The number of ether oxygens (including phenoxy) is 1. The van der Waals surface area contributed by atoms with Gasteiger partial charge in [0.05, 0.1) is 10.0 Å². The lowest BCUT2D eigenvalue weighted by Gasteiger charge is -2.07. The molecule has 0 aromatic heterocycles. The van der Waals surface area contributed by atoms with Crippen LogP contribution in [0.4, 0.5) is 0 Å². The van der Waals surface area contributed by atoms with Crippen molar-refractivity contribution >= 4 is 34.8 Å². The van der Waals surface area contributed by atoms with Crippen LogP contribution in [0.3, 0.4) is 0 Å². The minimum atomic E-state index is 0.000218. The molecule has 1 aromatic rings. The van der Waals surface area contributed by atoms with E-state index in [0.717, 1.165) is 0 Å². The highest BCUT2D eigenvalue weighted by Crippen LogP contribution is 2.36. The Morgan fingerprint density at radius 1 is 1.29 bits per heavy atom. The molecule has 1 aromatic carbocycles. The van der Waals surface area contributed by atoms with Gasteiger partial charge in [-0.15, -0.1) is 0 Å². The lowest BCUT2D eigenvalue weighted by atomic mass is 10.3. The van der Waals surface area contributed by atoms with E-state index in [1.54, 1.807) is 6.08 Å². The van der Waals surface area contributed by atoms with Crippen LogP contribution in [0.15, 0.2) is 23.7 Å². The molecule has 1 N–H and O–H groups in total. The number of hydrogen-bond donors (Lipinski definition) is 1. The van der Waals surface area contributed by atoms with E-state index in [2.05, 4.69) is 0 Å². The van der Waals surface area contributed by atoms with Gasteiger partial charge >= 0.3 is 0 Å². The summed E-state index contributed by atoms with van der Waals surface area (Å²) >= 11 is 16.9. The van der Waals surface area contributed by atoms with Crippen LogP contribution in [0, 0.1) is 0 Å². The third-order valence-electron chi connectivity index (χ3n) is 1.40. The molecule has 0 saturated heterocycles. The Balaban J connectivity index is 2.85. The molecule has 0 unspecified atom stereocenters. The van der Waals surface area contributed by atoms with Crippen LogP contribution in [0.5, 0.6) is 11.5 Å². The fourth-order valence-electron chi connectivity index (χ4n) is 0.852. The van der Waals surface area contributed by atoms with Crippen molar-refractivity contribution in [3.05, 3.63) is 33.8 Å². The highest BCUT2D eigenvalue weighted by atomic mass is 35.5. The van der Waals surface area contributed by atoms with E-state index in [4.69, 9.17) is 44.6 Å². The highest BCUT2D eigenvalue weighted by molar-refractivity contribution is 6.37. The number of benzene rings is 1. The molecule has 5 heteroatoms. The Hall–Kier alpha value is -0.570. The third kappa shape index (κ3) is 2.98. The molecule has 0 bridgehead atoms. The van der Waals surface area contributed by atoms with Crippen LogP contribution in [0.1, 0.15) is 0 Å². The molecule has 0 aliphatic rings. The summed E-state index contributed by atoms with van der Waals surface area (Å²) in [6.45, 7) is 0.272. The van der Waals surface area contributed by atoms with Crippen LogP contribution >= 0.6 is 34.8 Å². The summed E-state index contributed by atoms with van der Waals surface area (Å²) in [6.07, 6.45) is 1.60. The standard InChI is InChI=1S/C9H7Cl3O2/c10-2-1-3-14-9-7(11)4-6(13)5-8(9)12/h1-2,4-5,13H,3H2. The Labute approximate surface area is 96.7 Å². The molecule has 0 atom stereocenters. The molecule has 0 fully saturated rings. The molecule has 0 spiro atoms. The molecule has 14 heavy (non-hydrogen) atoms. The van der Waals surface area contributed by atoms with E-state index in [1.807, 2.05) is 0 Å². The zero-order chi connectivity index (χ0) is 10.6. The number of halogens is 3. The average Bonchev–Trinajstić information content (AvgIpc) is 2.09. The molecule has 0 amide bonds. The topological polar surface area (TPSA) is 29.5 Å². The van der Waals surface area contributed by atoms with E-state index in [9.17, 15) is 0 Å². The lowest BCUT2D eigenvalue weighted by molar-refractivity contribution is 0.362. The van der Waals surface area contributed by atoms with Crippen molar-refractivity contribution in [1.29, 1.82) is 0 Å². The van der Waals surface area contributed by atoms with Gasteiger partial charge in [-0.1, -0.05) is 34.8 Å². The minimum absolute atomic E-state index is 0.000218. The van der Waals surface area contributed by atoms with Gasteiger partial charge in [0, 0.05) is 17.7 Å². The van der Waals surface area contributed by atoms with Gasteiger partial charge in [0.15, 0.2) is 5.75 Å². The van der Waals surface area contributed by atoms with E-state index in [-0.39, 0.29) is 22.4 Å². The summed E-state index contributed by atoms with van der Waals surface area (Å²) in [6, 6.07) is 2.71. The van der Waals surface area contributed by atoms with Crippen molar-refractivity contribution in [3.8, 4) is 11.5 Å². The second-order valence-electron chi connectivity index (χ2n) is 2.41. The van der Waals surface area contributed by atoms with Gasteiger partial charge in [-0.25, -0.2) is 0 Å². The zero-order valence-corrected chi connectivity index (χ0v) is 9.27. The van der Waals surface area contributed by atoms with Gasteiger partial charge in [-0.05, 0) is 6.08 Å². The first-order valence-corrected chi connectivity index (χ1v) is 4.90. The average molecular weight is 254 g/mol. The highest BCUT2D eigenvalue weighted by Gasteiger charge is 2.08. The van der Waals surface area contributed by atoms with E-state index in [0.29, 0.717) is 5.75 Å². The van der Waals surface area contributed by atoms with Gasteiger partial charge in [0.1, 0.15) is 12.4 Å². The molecule has 0 aliphatic carbocycles. The van der Waals surface area contributed by atoms with Crippen molar-refractivity contribution in [2.45, 2.75) is 0 Å². The summed E-state index contributed by atoms with van der Waals surface area (Å²) in [7, 11) is 0. The Kier molecular flexibility index (Phi) is 4.39. The number of aromatic hydroxyl groups is 1. The number of phenolic OH excluding ortho intramolecular Hbond substituents is 1. The van der Waals surface area contributed by atoms with Crippen molar-refractivity contribution < 1.29 is 9.84 Å². The molecule has 0 saturated carbocycles. The Morgan fingerprint density at radius 2 is 1.86 bits per heavy atom. The molecule has 76 valence electrons. The quantitative estimate of drug-likeness (QED) is 0.887. The van der Waals surface area contributed by atoms with Crippen LogP contribution in [-0.2, 0) is 0 Å². The fourth-order valence-corrected chi connectivity index (χ4v) is 1.51. The van der Waals surface area contributed by atoms with Gasteiger partial charge in [-0.3, -0.25) is 0 Å². The third-order valence-corrected chi connectivity index (χ3v) is 2.14. The first-order chi connectivity index (χ1) is 6.65. The first kappa shape index (κ1) is 11.5. The zero-order valence-electron chi connectivity index (χ0n) is 7.01. The number of phenols is 1. The van der Waals surface area contributed by atoms with Crippen LogP contribution in [0.25, 0.3) is 0 Å². The van der Waals surface area contributed by atoms with Crippen molar-refractivity contribution in [3.63, 3.8) is 0 Å². The largest absolute Gasteiger partial charge is 0.508 e. The second-order valence-corrected chi connectivity index (χ2v) is 3.48. The first-order valence-electron chi connectivity index (χ1n) is 3.71. The molecule has 0 radical (unpaired) electrons. The predicted molar refractivity (Wildman–Crippen MR) is 58.6 cm³/mol. The Morgan fingerprint density at radius 3 is 2.36 bits per heavy atom. The maximum Gasteiger partial charge on any atom is 0.157 e. The van der Waals surface area contributed by atoms with Crippen molar-refractivity contribution in [2.24, 2.45) is 0 Å². The molecule has 1 rings (SSSR count). The van der Waals surface area contributed by atoms with E-state index < -0.39 is 0 Å². The predicted octanol–water partition coefficient (Wildman–Crippen LogP) is 3.83. The monoisotopic (exact) mass is 252 g/mol. The molecule has 0 aliphatic heterocycles. The summed E-state index contributed by atoms with van der Waals surface area (Å²) in [5, 5.41) is 9.65. The molecule has 0 heterocycles. The number of hydrogen-bond acceptors (Lipinski definition) is 2. The SMILES string of the molecule is Oc1cc(Cl)c(OCC=CCl)c(Cl)c1. The van der Waals surface area contributed by atoms with Gasteiger partial charge in [0.25, 0.3) is 0 Å². The van der Waals surface area contributed by atoms with Crippen molar-refractivity contribution in [2.75, 3.05) is 6.61 Å².